The first kappa shape index (κ1) is 11.1. The van der Waals surface area contributed by atoms with Crippen LogP contribution in [0.2, 0.25) is 0 Å². The van der Waals surface area contributed by atoms with Crippen molar-refractivity contribution in [2.24, 2.45) is 0 Å². The molecule has 13 heavy (non-hydrogen) atoms. The van der Waals surface area contributed by atoms with Crippen LogP contribution in [0, 0.1) is 23.0 Å². The molecule has 0 aromatic heterocycles. The first-order valence-corrected chi connectivity index (χ1v) is 5.30. The molecule has 0 N–H and O–H groups in total. The van der Waals surface area contributed by atoms with E-state index >= 15 is 0 Å². The maximum absolute atomic E-state index is 13.1. The average molecular weight is 376 g/mol. The Kier molecular flexibility index (Phi) is 3.44. The molecule has 1 rings (SSSR count). The van der Waals surface area contributed by atoms with Crippen LogP contribution in [0.25, 0.3) is 0 Å². The van der Waals surface area contributed by atoms with Gasteiger partial charge >= 0.3 is 0 Å². The zero-order valence-electron chi connectivity index (χ0n) is 5.84. The van der Waals surface area contributed by atoms with E-state index in [1.807, 2.05) is 0 Å². The van der Waals surface area contributed by atoms with E-state index in [1.54, 1.807) is 0 Å². The van der Waals surface area contributed by atoms with E-state index in [2.05, 4.69) is 47.8 Å². The van der Waals surface area contributed by atoms with Crippen molar-refractivity contribution in [2.75, 3.05) is 0 Å². The molecule has 0 heterocycles. The molecule has 0 fully saturated rings. The van der Waals surface area contributed by atoms with Crippen molar-refractivity contribution in [3.63, 3.8) is 0 Å². The summed E-state index contributed by atoms with van der Waals surface area (Å²) in [6.07, 6.45) is 0. The van der Waals surface area contributed by atoms with Crippen molar-refractivity contribution in [3.05, 3.63) is 30.6 Å². The molecule has 0 atom stereocenters. The largest absolute Gasteiger partial charge is 0.204 e. The van der Waals surface area contributed by atoms with E-state index < -0.39 is 17.2 Å². The van der Waals surface area contributed by atoms with Gasteiger partial charge in [0.15, 0.2) is 11.6 Å². The highest BCUT2D eigenvalue weighted by Crippen LogP contribution is 2.37. The van der Waals surface area contributed by atoms with Crippen molar-refractivity contribution in [1.29, 1.82) is 5.26 Å². The number of benzene rings is 1. The van der Waals surface area contributed by atoms with Gasteiger partial charge < -0.3 is 0 Å². The Morgan fingerprint density at radius 2 is 1.31 bits per heavy atom. The molecule has 1 aromatic carbocycles. The van der Waals surface area contributed by atoms with Gasteiger partial charge in [-0.25, -0.2) is 8.78 Å². The summed E-state index contributed by atoms with van der Waals surface area (Å²) < 4.78 is 26.5. The summed E-state index contributed by atoms with van der Waals surface area (Å²) in [5.74, 6) is -1.81. The SMILES string of the molecule is N#Cc1c(F)c(Br)c(Br)c(Br)c1F. The molecule has 68 valence electrons. The zero-order chi connectivity index (χ0) is 10.2. The van der Waals surface area contributed by atoms with Gasteiger partial charge in [0.1, 0.15) is 11.6 Å². The van der Waals surface area contributed by atoms with E-state index in [1.165, 1.54) is 6.07 Å². The molecular weight excluding hydrogens is 376 g/mol. The maximum atomic E-state index is 13.1. The third kappa shape index (κ3) is 1.78. The van der Waals surface area contributed by atoms with Gasteiger partial charge in [0, 0.05) is 0 Å². The third-order valence-corrected chi connectivity index (χ3v) is 4.67. The number of nitrogens with zero attached hydrogens (tertiary/aromatic N) is 1. The van der Waals surface area contributed by atoms with Gasteiger partial charge in [-0.15, -0.1) is 0 Å². The normalized spacial score (nSPS) is 9.85. The van der Waals surface area contributed by atoms with Crippen LogP contribution in [-0.2, 0) is 0 Å². The Hall–Kier alpha value is 0.01000. The summed E-state index contributed by atoms with van der Waals surface area (Å²) in [6, 6.07) is 1.44. The van der Waals surface area contributed by atoms with Gasteiger partial charge in [-0.1, -0.05) is 0 Å². The van der Waals surface area contributed by atoms with Crippen molar-refractivity contribution in [1.82, 2.24) is 0 Å². The molecule has 1 aromatic rings. The smallest absolute Gasteiger partial charge is 0.159 e. The van der Waals surface area contributed by atoms with Crippen molar-refractivity contribution in [3.8, 4) is 6.07 Å². The molecule has 0 aliphatic rings. The Morgan fingerprint density at radius 1 is 0.923 bits per heavy atom. The van der Waals surface area contributed by atoms with E-state index in [0.717, 1.165) is 0 Å². The summed E-state index contributed by atoms with van der Waals surface area (Å²) in [5.41, 5.74) is -0.609. The second-order valence-electron chi connectivity index (χ2n) is 2.06. The highest BCUT2D eigenvalue weighted by molar-refractivity contribution is 9.14. The molecule has 0 aliphatic heterocycles. The lowest BCUT2D eigenvalue weighted by Gasteiger charge is -2.04. The van der Waals surface area contributed by atoms with Crippen molar-refractivity contribution < 1.29 is 8.78 Å². The standard InChI is InChI=1S/C7Br3F2N/c8-3-4(9)6(11)2(1-13)7(12)5(3)10. The first-order chi connectivity index (χ1) is 6.00. The molecule has 0 spiro atoms. The van der Waals surface area contributed by atoms with Crippen LogP contribution >= 0.6 is 47.8 Å². The van der Waals surface area contributed by atoms with E-state index in [4.69, 9.17) is 5.26 Å². The van der Waals surface area contributed by atoms with Gasteiger partial charge in [-0.3, -0.25) is 0 Å². The molecule has 0 amide bonds. The van der Waals surface area contributed by atoms with Crippen LogP contribution in [0.4, 0.5) is 8.78 Å². The Balaban J connectivity index is 3.69. The number of halogens is 5. The number of hydrogen-bond acceptors (Lipinski definition) is 1. The lowest BCUT2D eigenvalue weighted by atomic mass is 10.2. The van der Waals surface area contributed by atoms with Gasteiger partial charge in [0.2, 0.25) is 0 Å². The predicted octanol–water partition coefficient (Wildman–Crippen LogP) is 4.12. The zero-order valence-corrected chi connectivity index (χ0v) is 10.6. The van der Waals surface area contributed by atoms with Gasteiger partial charge in [0.05, 0.1) is 13.4 Å². The fraction of sp³-hybridized carbons (Fsp3) is 0. The summed E-state index contributed by atoms with van der Waals surface area (Å²) in [6.45, 7) is 0. The summed E-state index contributed by atoms with van der Waals surface area (Å²) in [7, 11) is 0. The number of hydrogen-bond donors (Lipinski definition) is 0. The van der Waals surface area contributed by atoms with Crippen molar-refractivity contribution in [2.45, 2.75) is 0 Å². The second kappa shape index (κ2) is 4.03. The van der Waals surface area contributed by atoms with E-state index in [0.29, 0.717) is 0 Å². The minimum absolute atomic E-state index is 0.0253. The molecule has 0 bridgehead atoms. The van der Waals surface area contributed by atoms with Gasteiger partial charge in [0.25, 0.3) is 0 Å². The van der Waals surface area contributed by atoms with E-state index in [9.17, 15) is 8.78 Å². The fourth-order valence-electron chi connectivity index (χ4n) is 0.703. The highest BCUT2D eigenvalue weighted by Gasteiger charge is 2.20. The minimum atomic E-state index is -0.907. The highest BCUT2D eigenvalue weighted by atomic mass is 79.9. The molecule has 0 saturated carbocycles. The Labute approximate surface area is 98.1 Å². The Bertz CT molecular complexity index is 382. The first-order valence-electron chi connectivity index (χ1n) is 2.92. The maximum Gasteiger partial charge on any atom is 0.159 e. The topological polar surface area (TPSA) is 23.8 Å². The summed E-state index contributed by atoms with van der Waals surface area (Å²) in [4.78, 5) is 0. The summed E-state index contributed by atoms with van der Waals surface area (Å²) >= 11 is 8.73. The van der Waals surface area contributed by atoms with Crippen LogP contribution < -0.4 is 0 Å². The van der Waals surface area contributed by atoms with Gasteiger partial charge in [-0.05, 0) is 47.8 Å². The second-order valence-corrected chi connectivity index (χ2v) is 4.44. The lowest BCUT2D eigenvalue weighted by molar-refractivity contribution is 0.566. The third-order valence-electron chi connectivity index (χ3n) is 1.32. The fourth-order valence-corrected chi connectivity index (χ4v) is 2.11. The molecule has 0 aliphatic carbocycles. The van der Waals surface area contributed by atoms with Gasteiger partial charge in [-0.2, -0.15) is 5.26 Å². The van der Waals surface area contributed by atoms with Crippen LogP contribution in [-0.4, -0.2) is 0 Å². The molecule has 1 nitrogen and oxygen atoms in total. The molecular formula is C7Br3F2N. The van der Waals surface area contributed by atoms with E-state index in [-0.39, 0.29) is 13.4 Å². The molecule has 0 saturated heterocycles. The minimum Gasteiger partial charge on any atom is -0.204 e. The number of rotatable bonds is 0. The van der Waals surface area contributed by atoms with Crippen LogP contribution in [0.15, 0.2) is 13.4 Å². The predicted molar refractivity (Wildman–Crippen MR) is 54.2 cm³/mol. The molecule has 6 heteroatoms. The monoisotopic (exact) mass is 373 g/mol. The molecule has 0 radical (unpaired) electrons. The summed E-state index contributed by atoms with van der Waals surface area (Å²) in [5, 5.41) is 8.45. The van der Waals surface area contributed by atoms with Crippen LogP contribution in [0.3, 0.4) is 0 Å². The quantitative estimate of drug-likeness (QED) is 0.494. The number of nitriles is 1. The lowest BCUT2D eigenvalue weighted by Crippen LogP contribution is -1.94. The Morgan fingerprint density at radius 3 is 1.62 bits per heavy atom. The van der Waals surface area contributed by atoms with Crippen LogP contribution in [0.1, 0.15) is 5.56 Å². The average Bonchev–Trinajstić information content (AvgIpc) is 2.13. The van der Waals surface area contributed by atoms with Crippen LogP contribution in [0.5, 0.6) is 0 Å². The van der Waals surface area contributed by atoms with Crippen molar-refractivity contribution >= 4 is 47.8 Å². The molecule has 0 unspecified atom stereocenters.